The molecule has 4 nitrogen and oxygen atoms in total. The largest absolute Gasteiger partial charge is 0.377 e. The Kier molecular flexibility index (Phi) is 3.17. The molecule has 0 bridgehead atoms. The van der Waals surface area contributed by atoms with Crippen LogP contribution in [0.25, 0.3) is 0 Å². The molecule has 0 aromatic heterocycles. The van der Waals surface area contributed by atoms with Crippen LogP contribution in [-0.4, -0.2) is 42.7 Å². The minimum atomic E-state index is 0.349. The third kappa shape index (κ3) is 1.80. The molecule has 4 aliphatic rings. The van der Waals surface area contributed by atoms with Gasteiger partial charge in [0.25, 0.3) is 0 Å². The van der Waals surface area contributed by atoms with E-state index in [1.807, 2.05) is 0 Å². The molecule has 2 saturated heterocycles. The van der Waals surface area contributed by atoms with E-state index in [1.165, 1.54) is 51.4 Å². The minimum absolute atomic E-state index is 0.349. The van der Waals surface area contributed by atoms with E-state index in [-0.39, 0.29) is 0 Å². The van der Waals surface area contributed by atoms with E-state index in [2.05, 4.69) is 4.90 Å². The lowest BCUT2D eigenvalue weighted by Crippen LogP contribution is -2.61. The molecule has 2 saturated carbocycles. The highest BCUT2D eigenvalue weighted by atomic mass is 16.5. The molecule has 0 aromatic carbocycles. The first-order chi connectivity index (χ1) is 9.81. The van der Waals surface area contributed by atoms with Crippen LogP contribution in [0.3, 0.4) is 0 Å². The standard InChI is InChI=1S/C16H27N3O/c17-15(19-9-4-1-5-10-19)18-13-12-6-11-20-14(12)16(13)7-2-3-8-16/h12-14H,1-11H2,(H2,17,18). The molecule has 0 radical (unpaired) electrons. The number of rotatable bonds is 1. The molecule has 1 spiro atoms. The van der Waals surface area contributed by atoms with Crippen LogP contribution in [0.4, 0.5) is 0 Å². The number of likely N-dealkylation sites (tertiary alicyclic amines) is 1. The molecular weight excluding hydrogens is 250 g/mol. The Balaban J connectivity index is 1.54. The fourth-order valence-corrected chi connectivity index (χ4v) is 5.18. The summed E-state index contributed by atoms with van der Waals surface area (Å²) in [4.78, 5) is 7.33. The molecule has 0 aromatic rings. The quantitative estimate of drug-likeness (QED) is 0.590. The minimum Gasteiger partial charge on any atom is -0.377 e. The fraction of sp³-hybridized carbons (Fsp3) is 0.938. The van der Waals surface area contributed by atoms with Gasteiger partial charge in [0.05, 0.1) is 12.1 Å². The fourth-order valence-electron chi connectivity index (χ4n) is 5.18. The van der Waals surface area contributed by atoms with Crippen molar-refractivity contribution in [1.82, 2.24) is 4.90 Å². The summed E-state index contributed by atoms with van der Waals surface area (Å²) in [6, 6.07) is 0.444. The number of nitrogens with two attached hydrogens (primary N) is 1. The number of aliphatic imine (C=N–C) groups is 1. The number of piperidine rings is 1. The van der Waals surface area contributed by atoms with Gasteiger partial charge in [-0.15, -0.1) is 0 Å². The van der Waals surface area contributed by atoms with E-state index in [4.69, 9.17) is 15.5 Å². The molecule has 3 unspecified atom stereocenters. The second kappa shape index (κ2) is 4.90. The first-order valence-electron chi connectivity index (χ1n) is 8.51. The van der Waals surface area contributed by atoms with Gasteiger partial charge in [0.1, 0.15) is 0 Å². The van der Waals surface area contributed by atoms with Gasteiger partial charge in [0.2, 0.25) is 0 Å². The van der Waals surface area contributed by atoms with Gasteiger partial charge in [-0.3, -0.25) is 0 Å². The summed E-state index contributed by atoms with van der Waals surface area (Å²) in [7, 11) is 0. The maximum Gasteiger partial charge on any atom is 0.191 e. The number of ether oxygens (including phenoxy) is 1. The van der Waals surface area contributed by atoms with Crippen LogP contribution in [0, 0.1) is 11.3 Å². The van der Waals surface area contributed by atoms with Crippen LogP contribution in [0.5, 0.6) is 0 Å². The van der Waals surface area contributed by atoms with Crippen LogP contribution in [0.1, 0.15) is 51.4 Å². The lowest BCUT2D eigenvalue weighted by Gasteiger charge is -2.55. The van der Waals surface area contributed by atoms with Crippen molar-refractivity contribution in [3.63, 3.8) is 0 Å². The Labute approximate surface area is 121 Å². The third-order valence-electron chi connectivity index (χ3n) is 6.18. The molecule has 2 heterocycles. The molecule has 3 atom stereocenters. The number of fused-ring (bicyclic) bond motifs is 2. The van der Waals surface area contributed by atoms with Crippen molar-refractivity contribution in [2.45, 2.75) is 63.5 Å². The maximum atomic E-state index is 6.33. The summed E-state index contributed by atoms with van der Waals surface area (Å²) in [6.45, 7) is 3.13. The third-order valence-corrected chi connectivity index (χ3v) is 6.18. The van der Waals surface area contributed by atoms with E-state index in [1.54, 1.807) is 0 Å². The second-order valence-electron chi connectivity index (χ2n) is 7.16. The molecule has 112 valence electrons. The summed E-state index contributed by atoms with van der Waals surface area (Å²) < 4.78 is 6.02. The maximum absolute atomic E-state index is 6.33. The van der Waals surface area contributed by atoms with Gasteiger partial charge in [0.15, 0.2) is 5.96 Å². The van der Waals surface area contributed by atoms with Gasteiger partial charge in [0, 0.05) is 31.0 Å². The van der Waals surface area contributed by atoms with Gasteiger partial charge < -0.3 is 15.4 Å². The average Bonchev–Trinajstić information content (AvgIpc) is 3.13. The molecule has 2 N–H and O–H groups in total. The van der Waals surface area contributed by atoms with Gasteiger partial charge in [-0.2, -0.15) is 0 Å². The molecular formula is C16H27N3O. The van der Waals surface area contributed by atoms with Gasteiger partial charge in [-0.25, -0.2) is 4.99 Å². The topological polar surface area (TPSA) is 50.9 Å². The van der Waals surface area contributed by atoms with Crippen molar-refractivity contribution in [2.75, 3.05) is 19.7 Å². The number of hydrogen-bond acceptors (Lipinski definition) is 2. The van der Waals surface area contributed by atoms with E-state index in [0.29, 0.717) is 23.5 Å². The molecule has 2 aliphatic heterocycles. The Morgan fingerprint density at radius 2 is 1.85 bits per heavy atom. The van der Waals surface area contributed by atoms with Crippen molar-refractivity contribution in [1.29, 1.82) is 0 Å². The summed E-state index contributed by atoms with van der Waals surface area (Å²) in [5, 5.41) is 0. The van der Waals surface area contributed by atoms with Crippen LogP contribution < -0.4 is 5.73 Å². The normalized spacial score (nSPS) is 39.9. The van der Waals surface area contributed by atoms with E-state index in [0.717, 1.165) is 25.7 Å². The van der Waals surface area contributed by atoms with Crippen molar-refractivity contribution in [2.24, 2.45) is 22.1 Å². The second-order valence-corrected chi connectivity index (χ2v) is 7.16. The van der Waals surface area contributed by atoms with E-state index < -0.39 is 0 Å². The Morgan fingerprint density at radius 1 is 1.10 bits per heavy atom. The molecule has 2 aliphatic carbocycles. The zero-order valence-corrected chi connectivity index (χ0v) is 12.4. The van der Waals surface area contributed by atoms with Crippen LogP contribution in [0.2, 0.25) is 0 Å². The lowest BCUT2D eigenvalue weighted by atomic mass is 9.54. The molecule has 4 heteroatoms. The van der Waals surface area contributed by atoms with Crippen molar-refractivity contribution in [3.8, 4) is 0 Å². The van der Waals surface area contributed by atoms with E-state index in [9.17, 15) is 0 Å². The number of guanidine groups is 1. The highest BCUT2D eigenvalue weighted by molar-refractivity contribution is 5.78. The SMILES string of the molecule is NC(=NC1C2CCOC2C12CCCC2)N1CCCCC1. The predicted molar refractivity (Wildman–Crippen MR) is 79.6 cm³/mol. The smallest absolute Gasteiger partial charge is 0.191 e. The van der Waals surface area contributed by atoms with Gasteiger partial charge >= 0.3 is 0 Å². The molecule has 4 rings (SSSR count). The van der Waals surface area contributed by atoms with Crippen molar-refractivity contribution in [3.05, 3.63) is 0 Å². The highest BCUT2D eigenvalue weighted by Gasteiger charge is 2.65. The summed E-state index contributed by atoms with van der Waals surface area (Å²) in [6.07, 6.45) is 10.9. The predicted octanol–water partition coefficient (Wildman–Crippen LogP) is 2.13. The summed E-state index contributed by atoms with van der Waals surface area (Å²) >= 11 is 0. The highest BCUT2D eigenvalue weighted by Crippen LogP contribution is 2.62. The van der Waals surface area contributed by atoms with Crippen LogP contribution in [0.15, 0.2) is 4.99 Å². The lowest BCUT2D eigenvalue weighted by molar-refractivity contribution is -0.117. The van der Waals surface area contributed by atoms with E-state index >= 15 is 0 Å². The first-order valence-corrected chi connectivity index (χ1v) is 8.51. The van der Waals surface area contributed by atoms with Gasteiger partial charge in [-0.05, 0) is 38.5 Å². The van der Waals surface area contributed by atoms with Crippen molar-refractivity contribution < 1.29 is 4.74 Å². The van der Waals surface area contributed by atoms with Crippen molar-refractivity contribution >= 4 is 5.96 Å². The Hall–Kier alpha value is -0.770. The molecule has 4 fully saturated rings. The van der Waals surface area contributed by atoms with Gasteiger partial charge in [-0.1, -0.05) is 12.8 Å². The zero-order chi connectivity index (χ0) is 13.6. The summed E-state index contributed by atoms with van der Waals surface area (Å²) in [5.41, 5.74) is 6.68. The zero-order valence-electron chi connectivity index (χ0n) is 12.4. The first kappa shape index (κ1) is 12.9. The van der Waals surface area contributed by atoms with Crippen LogP contribution >= 0.6 is 0 Å². The number of hydrogen-bond donors (Lipinski definition) is 1. The Morgan fingerprint density at radius 3 is 2.60 bits per heavy atom. The molecule has 20 heavy (non-hydrogen) atoms. The van der Waals surface area contributed by atoms with Crippen LogP contribution in [-0.2, 0) is 4.74 Å². The monoisotopic (exact) mass is 277 g/mol. The molecule has 0 amide bonds. The number of nitrogens with zero attached hydrogens (tertiary/aromatic N) is 2. The summed E-state index contributed by atoms with van der Waals surface area (Å²) in [5.74, 6) is 1.46. The average molecular weight is 277 g/mol. The Bertz CT molecular complexity index is 397.